The van der Waals surface area contributed by atoms with E-state index in [4.69, 9.17) is 0 Å². The Labute approximate surface area is 69.4 Å². The van der Waals surface area contributed by atoms with Crippen LogP contribution in [0.15, 0.2) is 23.6 Å². The second kappa shape index (κ2) is 5.60. The van der Waals surface area contributed by atoms with Gasteiger partial charge in [-0.25, -0.2) is 0 Å². The van der Waals surface area contributed by atoms with Gasteiger partial charge >= 0.3 is 0 Å². The van der Waals surface area contributed by atoms with E-state index >= 15 is 0 Å². The van der Waals surface area contributed by atoms with Crippen LogP contribution in [0.1, 0.15) is 26.7 Å². The minimum atomic E-state index is 0.577. The van der Waals surface area contributed by atoms with Crippen molar-refractivity contribution in [3.05, 3.63) is 23.6 Å². The van der Waals surface area contributed by atoms with Crippen molar-refractivity contribution in [2.45, 2.75) is 26.7 Å². The summed E-state index contributed by atoms with van der Waals surface area (Å²) in [7, 11) is 0. The molecule has 0 aromatic carbocycles. The van der Waals surface area contributed by atoms with Gasteiger partial charge in [0, 0.05) is 0 Å². The summed E-state index contributed by atoms with van der Waals surface area (Å²) < 4.78 is 0. The van der Waals surface area contributed by atoms with E-state index in [1.54, 1.807) is 0 Å². The molecule has 0 amide bonds. The van der Waals surface area contributed by atoms with E-state index in [2.05, 4.69) is 39.1 Å². The predicted molar refractivity (Wildman–Crippen MR) is 51.3 cm³/mol. The van der Waals surface area contributed by atoms with Crippen molar-refractivity contribution >= 4 is 12.6 Å². The molecule has 0 aromatic heterocycles. The largest absolute Gasteiger partial charge is 0.148 e. The highest BCUT2D eigenvalue weighted by molar-refractivity contribution is 7.84. The topological polar surface area (TPSA) is 0 Å². The van der Waals surface area contributed by atoms with Crippen LogP contribution in [-0.4, -0.2) is 0 Å². The molecule has 0 aliphatic heterocycles. The van der Waals surface area contributed by atoms with Crippen molar-refractivity contribution in [2.75, 3.05) is 0 Å². The standard InChI is InChI=1S/C9H16S/c1-4-8(3)6-7-9(10)5-2/h4,7-8,10H,1,5-6H2,2-3H3/b9-7+. The molecule has 0 N–H and O–H groups in total. The average molecular weight is 156 g/mol. The molecule has 0 rings (SSSR count). The molecule has 0 aliphatic rings. The van der Waals surface area contributed by atoms with Crippen molar-refractivity contribution in [3.8, 4) is 0 Å². The second-order valence-corrected chi connectivity index (χ2v) is 3.07. The van der Waals surface area contributed by atoms with Crippen molar-refractivity contribution < 1.29 is 0 Å². The van der Waals surface area contributed by atoms with Gasteiger partial charge in [-0.2, -0.15) is 0 Å². The van der Waals surface area contributed by atoms with Gasteiger partial charge in [0.15, 0.2) is 0 Å². The maximum atomic E-state index is 4.27. The summed E-state index contributed by atoms with van der Waals surface area (Å²) in [6.45, 7) is 7.97. The normalized spacial score (nSPS) is 14.9. The van der Waals surface area contributed by atoms with Crippen LogP contribution in [0.25, 0.3) is 0 Å². The van der Waals surface area contributed by atoms with E-state index < -0.39 is 0 Å². The van der Waals surface area contributed by atoms with Crippen LogP contribution in [-0.2, 0) is 0 Å². The molecule has 1 unspecified atom stereocenters. The predicted octanol–water partition coefficient (Wildman–Crippen LogP) is 3.42. The molecule has 0 bridgehead atoms. The van der Waals surface area contributed by atoms with Crippen molar-refractivity contribution in [2.24, 2.45) is 5.92 Å². The Hall–Kier alpha value is -0.170. The first-order valence-electron chi connectivity index (χ1n) is 3.71. The van der Waals surface area contributed by atoms with Crippen LogP contribution in [0.4, 0.5) is 0 Å². The van der Waals surface area contributed by atoms with Crippen LogP contribution < -0.4 is 0 Å². The molecule has 0 spiro atoms. The van der Waals surface area contributed by atoms with Crippen molar-refractivity contribution in [3.63, 3.8) is 0 Å². The lowest BCUT2D eigenvalue weighted by atomic mass is 10.1. The monoisotopic (exact) mass is 156 g/mol. The Morgan fingerprint density at radius 3 is 2.70 bits per heavy atom. The van der Waals surface area contributed by atoms with Crippen molar-refractivity contribution in [1.29, 1.82) is 0 Å². The smallest absolute Gasteiger partial charge is 0.0227 e. The summed E-state index contributed by atoms with van der Waals surface area (Å²) in [5.41, 5.74) is 0. The highest BCUT2D eigenvalue weighted by Gasteiger charge is 1.91. The Balaban J connectivity index is 3.60. The van der Waals surface area contributed by atoms with Crippen molar-refractivity contribution in [1.82, 2.24) is 0 Å². The number of rotatable bonds is 4. The number of thiol groups is 1. The van der Waals surface area contributed by atoms with E-state index in [-0.39, 0.29) is 0 Å². The fraction of sp³-hybridized carbons (Fsp3) is 0.556. The van der Waals surface area contributed by atoms with E-state index in [1.165, 1.54) is 4.91 Å². The Kier molecular flexibility index (Phi) is 5.51. The van der Waals surface area contributed by atoms with Gasteiger partial charge < -0.3 is 0 Å². The maximum absolute atomic E-state index is 4.27. The fourth-order valence-electron chi connectivity index (χ4n) is 0.562. The van der Waals surface area contributed by atoms with Gasteiger partial charge in [-0.1, -0.05) is 26.0 Å². The van der Waals surface area contributed by atoms with Gasteiger partial charge in [-0.3, -0.25) is 0 Å². The van der Waals surface area contributed by atoms with Crippen LogP contribution >= 0.6 is 12.6 Å². The average Bonchev–Trinajstić information content (AvgIpc) is 1.99. The highest BCUT2D eigenvalue weighted by Crippen LogP contribution is 2.10. The molecule has 58 valence electrons. The van der Waals surface area contributed by atoms with Crippen LogP contribution in [0, 0.1) is 5.92 Å². The Morgan fingerprint density at radius 1 is 1.70 bits per heavy atom. The SMILES string of the molecule is C=CC(C)C/C=C(/S)CC. The van der Waals surface area contributed by atoms with Gasteiger partial charge in [0.05, 0.1) is 0 Å². The zero-order chi connectivity index (χ0) is 7.98. The second-order valence-electron chi connectivity index (χ2n) is 2.50. The highest BCUT2D eigenvalue weighted by atomic mass is 32.1. The minimum absolute atomic E-state index is 0.577. The molecule has 0 heterocycles. The molecule has 0 radical (unpaired) electrons. The third-order valence-electron chi connectivity index (χ3n) is 1.49. The third-order valence-corrected chi connectivity index (χ3v) is 1.99. The molecule has 10 heavy (non-hydrogen) atoms. The molecule has 1 heteroatoms. The van der Waals surface area contributed by atoms with E-state index in [9.17, 15) is 0 Å². The van der Waals surface area contributed by atoms with E-state index in [0.29, 0.717) is 5.92 Å². The molecule has 0 nitrogen and oxygen atoms in total. The first kappa shape index (κ1) is 9.83. The minimum Gasteiger partial charge on any atom is -0.148 e. The maximum Gasteiger partial charge on any atom is -0.0227 e. The summed E-state index contributed by atoms with van der Waals surface area (Å²) in [6.07, 6.45) is 6.23. The molecule has 1 atom stereocenters. The third kappa shape index (κ3) is 4.68. The fourth-order valence-corrected chi connectivity index (χ4v) is 0.668. The van der Waals surface area contributed by atoms with Crippen LogP contribution in [0.5, 0.6) is 0 Å². The molecule has 0 aliphatic carbocycles. The van der Waals surface area contributed by atoms with Gasteiger partial charge in [-0.05, 0) is 23.7 Å². The Morgan fingerprint density at radius 2 is 2.30 bits per heavy atom. The first-order chi connectivity index (χ1) is 4.70. The summed E-state index contributed by atoms with van der Waals surface area (Å²) in [4.78, 5) is 1.17. The van der Waals surface area contributed by atoms with Crippen LogP contribution in [0.2, 0.25) is 0 Å². The first-order valence-corrected chi connectivity index (χ1v) is 4.16. The lowest BCUT2D eigenvalue weighted by Gasteiger charge is -2.00. The zero-order valence-corrected chi connectivity index (χ0v) is 7.70. The van der Waals surface area contributed by atoms with E-state index in [1.807, 2.05) is 6.08 Å². The molecule has 0 fully saturated rings. The number of hydrogen-bond donors (Lipinski definition) is 1. The van der Waals surface area contributed by atoms with Gasteiger partial charge in [0.1, 0.15) is 0 Å². The quantitative estimate of drug-likeness (QED) is 0.468. The summed E-state index contributed by atoms with van der Waals surface area (Å²) in [5, 5.41) is 0. The molecule has 0 aromatic rings. The summed E-state index contributed by atoms with van der Waals surface area (Å²) >= 11 is 4.27. The lowest BCUT2D eigenvalue weighted by molar-refractivity contribution is 0.744. The number of allylic oxidation sites excluding steroid dienone is 3. The van der Waals surface area contributed by atoms with Gasteiger partial charge in [0.2, 0.25) is 0 Å². The molecule has 0 saturated heterocycles. The van der Waals surface area contributed by atoms with E-state index in [0.717, 1.165) is 12.8 Å². The van der Waals surface area contributed by atoms with Gasteiger partial charge in [-0.15, -0.1) is 19.2 Å². The Bertz CT molecular complexity index is 125. The molecular formula is C9H16S. The zero-order valence-electron chi connectivity index (χ0n) is 6.80. The lowest BCUT2D eigenvalue weighted by Crippen LogP contribution is -1.84. The molecular weight excluding hydrogens is 140 g/mol. The molecule has 0 saturated carbocycles. The summed E-state index contributed by atoms with van der Waals surface area (Å²) in [6, 6.07) is 0. The van der Waals surface area contributed by atoms with Crippen LogP contribution in [0.3, 0.4) is 0 Å². The van der Waals surface area contributed by atoms with Gasteiger partial charge in [0.25, 0.3) is 0 Å². The number of hydrogen-bond acceptors (Lipinski definition) is 1. The summed E-state index contributed by atoms with van der Waals surface area (Å²) in [5.74, 6) is 0.577.